The molecule has 0 unspecified atom stereocenters. The van der Waals surface area contributed by atoms with Crippen molar-refractivity contribution in [3.8, 4) is 5.69 Å². The Hall–Kier alpha value is -3.62. The van der Waals surface area contributed by atoms with Crippen molar-refractivity contribution in [3.05, 3.63) is 51.3 Å². The van der Waals surface area contributed by atoms with Crippen LogP contribution in [0.2, 0.25) is 0 Å². The molecule has 0 spiro atoms. The van der Waals surface area contributed by atoms with E-state index in [0.717, 1.165) is 11.6 Å². The first-order chi connectivity index (χ1) is 13.6. The molecule has 1 aromatic heterocycles. The first-order valence-electron chi connectivity index (χ1n) is 9.12. The lowest BCUT2D eigenvalue weighted by atomic mass is 10.1. The van der Waals surface area contributed by atoms with Crippen LogP contribution in [0.3, 0.4) is 0 Å². The zero-order valence-electron chi connectivity index (χ0n) is 16.2. The average molecular weight is 396 g/mol. The lowest BCUT2D eigenvalue weighted by Gasteiger charge is -2.25. The van der Waals surface area contributed by atoms with E-state index >= 15 is 0 Å². The Kier molecular flexibility index (Phi) is 4.00. The highest BCUT2D eigenvalue weighted by Gasteiger charge is 2.34. The molecule has 150 valence electrons. The lowest BCUT2D eigenvalue weighted by molar-refractivity contribution is 0.0583. The second-order valence-corrected chi connectivity index (χ2v) is 7.93. The Balaban J connectivity index is 1.84. The number of aromatic nitrogens is 1. The first-order valence-corrected chi connectivity index (χ1v) is 9.12. The number of ether oxygens (including phenoxy) is 1. The van der Waals surface area contributed by atoms with Crippen molar-refractivity contribution in [2.45, 2.75) is 32.8 Å². The topological polar surface area (TPSA) is 124 Å². The van der Waals surface area contributed by atoms with E-state index in [2.05, 4.69) is 5.32 Å². The van der Waals surface area contributed by atoms with Crippen molar-refractivity contribution < 1.29 is 19.1 Å². The van der Waals surface area contributed by atoms with E-state index in [1.807, 2.05) is 0 Å². The van der Waals surface area contributed by atoms with E-state index in [1.165, 1.54) is 9.47 Å². The number of fused-ring (bicyclic) bond motifs is 2. The Labute approximate surface area is 166 Å². The van der Waals surface area contributed by atoms with Gasteiger partial charge in [0, 0.05) is 18.2 Å². The van der Waals surface area contributed by atoms with Crippen LogP contribution in [0.15, 0.2) is 29.1 Å². The van der Waals surface area contributed by atoms with Crippen molar-refractivity contribution in [3.63, 3.8) is 0 Å². The van der Waals surface area contributed by atoms with Crippen molar-refractivity contribution in [2.75, 3.05) is 17.2 Å². The fraction of sp³-hybridized carbons (Fsp3) is 0.300. The predicted octanol–water partition coefficient (Wildman–Crippen LogP) is 1.60. The molecule has 4 rings (SSSR count). The largest absolute Gasteiger partial charge is 0.443 e. The number of nitrogens with zero attached hydrogens (tertiary/aromatic N) is 2. The number of amides is 3. The van der Waals surface area contributed by atoms with Crippen molar-refractivity contribution in [1.29, 1.82) is 0 Å². The number of nitrogens with two attached hydrogens (primary N) is 1. The molecule has 1 aromatic carbocycles. The minimum absolute atomic E-state index is 0.0193. The van der Waals surface area contributed by atoms with Gasteiger partial charge in [0.2, 0.25) is 0 Å². The minimum Gasteiger partial charge on any atom is -0.443 e. The molecule has 2 aliphatic heterocycles. The smallest absolute Gasteiger partial charge is 0.414 e. The number of imide groups is 1. The Bertz CT molecular complexity index is 1140. The highest BCUT2D eigenvalue weighted by atomic mass is 16.6. The van der Waals surface area contributed by atoms with Gasteiger partial charge in [0.15, 0.2) is 0 Å². The maximum Gasteiger partial charge on any atom is 0.414 e. The molecule has 0 saturated carbocycles. The molecule has 0 fully saturated rings. The fourth-order valence-corrected chi connectivity index (χ4v) is 3.66. The van der Waals surface area contributed by atoms with Crippen LogP contribution in [0.1, 0.15) is 47.1 Å². The molecule has 3 N–H and O–H groups in total. The molecular formula is C20H20N4O5. The number of nitrogens with one attached hydrogen (secondary N) is 1. The number of rotatable bonds is 1. The third-order valence-electron chi connectivity index (χ3n) is 4.81. The van der Waals surface area contributed by atoms with Gasteiger partial charge in [-0.15, -0.1) is 0 Å². The highest BCUT2D eigenvalue weighted by Crippen LogP contribution is 2.35. The summed E-state index contributed by atoms with van der Waals surface area (Å²) in [6.07, 6.45) is 0.00593. The third kappa shape index (κ3) is 2.95. The summed E-state index contributed by atoms with van der Waals surface area (Å²) in [6, 6.07) is 6.25. The van der Waals surface area contributed by atoms with E-state index in [9.17, 15) is 19.2 Å². The maximum absolute atomic E-state index is 12.7. The number of pyridine rings is 1. The van der Waals surface area contributed by atoms with Crippen LogP contribution < -0.4 is 21.5 Å². The van der Waals surface area contributed by atoms with Gasteiger partial charge in [-0.1, -0.05) is 6.07 Å². The molecule has 9 heteroatoms. The maximum atomic E-state index is 12.7. The van der Waals surface area contributed by atoms with Crippen LogP contribution in [0, 0.1) is 0 Å². The zero-order chi connectivity index (χ0) is 21.1. The standard InChI is InChI=1S/C20H20N4O5/c1-20(2,3)29-19(28)23-8-7-10-12(23)5-4-6-13(10)24-14(25)9-11-15(16(24)21)18(27)22-17(11)26/h4-6,9H,7-8,21H2,1-3H3,(H,22,26,27). The van der Waals surface area contributed by atoms with E-state index < -0.39 is 29.1 Å². The molecule has 29 heavy (non-hydrogen) atoms. The molecule has 9 nitrogen and oxygen atoms in total. The molecule has 3 amide bonds. The van der Waals surface area contributed by atoms with Crippen LogP contribution in [0.5, 0.6) is 0 Å². The SMILES string of the molecule is CC(C)(C)OC(=O)N1CCc2c1cccc2-n1c(N)c2c(cc1=O)C(=O)NC2=O. The van der Waals surface area contributed by atoms with E-state index in [0.29, 0.717) is 24.3 Å². The van der Waals surface area contributed by atoms with E-state index in [-0.39, 0.29) is 16.9 Å². The van der Waals surface area contributed by atoms with Gasteiger partial charge >= 0.3 is 6.09 Å². The number of carbonyl (C=O) groups is 3. The van der Waals surface area contributed by atoms with Gasteiger partial charge in [0.05, 0.1) is 22.5 Å². The zero-order valence-corrected chi connectivity index (χ0v) is 16.2. The number of hydrogen-bond donors (Lipinski definition) is 2. The van der Waals surface area contributed by atoms with Crippen LogP contribution in [0.25, 0.3) is 5.69 Å². The summed E-state index contributed by atoms with van der Waals surface area (Å²) in [7, 11) is 0. The van der Waals surface area contributed by atoms with E-state index in [4.69, 9.17) is 10.5 Å². The second-order valence-electron chi connectivity index (χ2n) is 7.93. The monoisotopic (exact) mass is 396 g/mol. The molecule has 0 radical (unpaired) electrons. The molecule has 0 atom stereocenters. The molecule has 3 heterocycles. The number of benzene rings is 1. The summed E-state index contributed by atoms with van der Waals surface area (Å²) in [6.45, 7) is 5.75. The molecule has 2 aliphatic rings. The molecule has 0 bridgehead atoms. The molecule has 2 aromatic rings. The Morgan fingerprint density at radius 3 is 2.52 bits per heavy atom. The number of carbonyl (C=O) groups excluding carboxylic acids is 3. The van der Waals surface area contributed by atoms with Gasteiger partial charge < -0.3 is 10.5 Å². The minimum atomic E-state index is -0.643. The Morgan fingerprint density at radius 1 is 1.14 bits per heavy atom. The van der Waals surface area contributed by atoms with Crippen LogP contribution in [0.4, 0.5) is 16.3 Å². The van der Waals surface area contributed by atoms with Gasteiger partial charge in [-0.05, 0) is 39.3 Å². The molecular weight excluding hydrogens is 376 g/mol. The van der Waals surface area contributed by atoms with Crippen molar-refractivity contribution in [2.24, 2.45) is 0 Å². The Morgan fingerprint density at radius 2 is 1.83 bits per heavy atom. The summed E-state index contributed by atoms with van der Waals surface area (Å²) >= 11 is 0. The molecule has 0 saturated heterocycles. The fourth-order valence-electron chi connectivity index (χ4n) is 3.66. The summed E-state index contributed by atoms with van der Waals surface area (Å²) < 4.78 is 6.66. The number of nitrogen functional groups attached to an aromatic ring is 1. The van der Waals surface area contributed by atoms with E-state index in [1.54, 1.807) is 39.0 Å². The van der Waals surface area contributed by atoms with Crippen molar-refractivity contribution in [1.82, 2.24) is 9.88 Å². The first kappa shape index (κ1) is 18.7. The summed E-state index contributed by atoms with van der Waals surface area (Å²) in [5.74, 6) is -1.39. The van der Waals surface area contributed by atoms with Gasteiger partial charge in [-0.2, -0.15) is 0 Å². The summed E-state index contributed by atoms with van der Waals surface area (Å²) in [5.41, 5.74) is 6.73. The van der Waals surface area contributed by atoms with Gasteiger partial charge in [0.1, 0.15) is 11.4 Å². The van der Waals surface area contributed by atoms with Crippen LogP contribution >= 0.6 is 0 Å². The van der Waals surface area contributed by atoms with Crippen molar-refractivity contribution >= 4 is 29.4 Å². The summed E-state index contributed by atoms with van der Waals surface area (Å²) in [5, 5.41) is 2.15. The normalized spacial score (nSPS) is 15.2. The number of hydrogen-bond acceptors (Lipinski definition) is 6. The van der Waals surface area contributed by atoms with Gasteiger partial charge in [-0.3, -0.25) is 29.2 Å². The lowest BCUT2D eigenvalue weighted by Crippen LogP contribution is -2.35. The third-order valence-corrected chi connectivity index (χ3v) is 4.81. The molecule has 0 aliphatic carbocycles. The van der Waals surface area contributed by atoms with Gasteiger partial charge in [-0.25, -0.2) is 4.79 Å². The number of anilines is 2. The average Bonchev–Trinajstić information content (AvgIpc) is 3.15. The predicted molar refractivity (Wildman–Crippen MR) is 106 cm³/mol. The summed E-state index contributed by atoms with van der Waals surface area (Å²) in [4.78, 5) is 50.8. The van der Waals surface area contributed by atoms with Crippen LogP contribution in [-0.2, 0) is 11.2 Å². The quantitative estimate of drug-likeness (QED) is 0.706. The second kappa shape index (κ2) is 6.20. The highest BCUT2D eigenvalue weighted by molar-refractivity contribution is 6.23. The van der Waals surface area contributed by atoms with Gasteiger partial charge in [0.25, 0.3) is 17.4 Å². The van der Waals surface area contributed by atoms with Crippen LogP contribution in [-0.4, -0.2) is 34.6 Å².